The van der Waals surface area contributed by atoms with Crippen LogP contribution in [0, 0.1) is 0 Å². The number of sulfone groups is 1. The van der Waals surface area contributed by atoms with Gasteiger partial charge in [0.15, 0.2) is 9.84 Å². The minimum absolute atomic E-state index is 0.0122. The average Bonchev–Trinajstić information content (AvgIpc) is 2.44. The van der Waals surface area contributed by atoms with Crippen molar-refractivity contribution in [1.82, 2.24) is 0 Å². The van der Waals surface area contributed by atoms with Crippen molar-refractivity contribution < 1.29 is 8.42 Å². The fourth-order valence-corrected chi connectivity index (χ4v) is 2.67. The Kier molecular flexibility index (Phi) is 1.63. The maximum absolute atomic E-state index is 10.7. The molecule has 4 heteroatoms. The third-order valence-corrected chi connectivity index (χ3v) is 4.89. The molecule has 0 bridgehead atoms. The molecule has 1 aliphatic rings. The molecule has 8 heavy (non-hydrogen) atoms. The molecule has 0 aromatic rings. The summed E-state index contributed by atoms with van der Waals surface area (Å²) in [5.41, 5.74) is 0. The van der Waals surface area contributed by atoms with Crippen molar-refractivity contribution in [2.45, 2.75) is 18.1 Å². The number of hydrogen-bond acceptors (Lipinski definition) is 2. The Morgan fingerprint density at radius 1 is 1.50 bits per heavy atom. The predicted molar refractivity (Wildman–Crippen MR) is 35.7 cm³/mol. The lowest BCUT2D eigenvalue weighted by molar-refractivity contribution is 0.600. The molecule has 0 aromatic heterocycles. The van der Waals surface area contributed by atoms with Crippen molar-refractivity contribution in [2.75, 3.05) is 4.66 Å². The summed E-state index contributed by atoms with van der Waals surface area (Å²) in [5, 5.41) is -0.0122. The molecule has 0 N–H and O–H groups in total. The maximum Gasteiger partial charge on any atom is 0.163 e. The van der Waals surface area contributed by atoms with Gasteiger partial charge in [0.05, 0.1) is 5.25 Å². The van der Waals surface area contributed by atoms with E-state index in [-0.39, 0.29) is 9.91 Å². The maximum atomic E-state index is 10.7. The van der Waals surface area contributed by atoms with Crippen LogP contribution in [0.3, 0.4) is 0 Å². The zero-order valence-electron chi connectivity index (χ0n) is 4.30. The summed E-state index contributed by atoms with van der Waals surface area (Å²) in [4.78, 5) is 0. The third kappa shape index (κ3) is 1.23. The second kappa shape index (κ2) is 1.99. The van der Waals surface area contributed by atoms with Crippen LogP contribution in [0.5, 0.6) is 0 Å². The second-order valence-electron chi connectivity index (χ2n) is 1.97. The average molecular weight is 199 g/mol. The zero-order valence-corrected chi connectivity index (χ0v) is 6.70. The van der Waals surface area contributed by atoms with Crippen LogP contribution in [0.1, 0.15) is 12.8 Å². The fourth-order valence-electron chi connectivity index (χ4n) is 0.516. The first-order valence-electron chi connectivity index (χ1n) is 2.44. The number of rotatable bonds is 2. The van der Waals surface area contributed by atoms with Crippen molar-refractivity contribution in [3.8, 4) is 0 Å². The minimum atomic E-state index is -2.71. The third-order valence-electron chi connectivity index (χ3n) is 1.18. The summed E-state index contributed by atoms with van der Waals surface area (Å²) in [6.45, 7) is 0. The molecule has 0 spiro atoms. The van der Waals surface area contributed by atoms with Gasteiger partial charge in [0.2, 0.25) is 0 Å². The van der Waals surface area contributed by atoms with Gasteiger partial charge >= 0.3 is 0 Å². The molecule has 48 valence electrons. The summed E-state index contributed by atoms with van der Waals surface area (Å²) >= 11 is 2.92. The first kappa shape index (κ1) is 6.55. The molecule has 0 amide bonds. The van der Waals surface area contributed by atoms with Gasteiger partial charge in [-0.3, -0.25) is 0 Å². The number of halogens is 1. The van der Waals surface area contributed by atoms with Crippen LogP contribution in [0.15, 0.2) is 0 Å². The van der Waals surface area contributed by atoms with Crippen LogP contribution < -0.4 is 0 Å². The lowest BCUT2D eigenvalue weighted by atomic mass is 11.0. The second-order valence-corrected chi connectivity index (χ2v) is 5.56. The van der Waals surface area contributed by atoms with Crippen LogP contribution in [0.4, 0.5) is 0 Å². The van der Waals surface area contributed by atoms with E-state index in [1.54, 1.807) is 0 Å². The molecule has 0 aliphatic heterocycles. The van der Waals surface area contributed by atoms with Gasteiger partial charge in [-0.25, -0.2) is 8.42 Å². The van der Waals surface area contributed by atoms with E-state index in [2.05, 4.69) is 15.9 Å². The molecular weight excluding hydrogens is 192 g/mol. The van der Waals surface area contributed by atoms with Gasteiger partial charge in [0, 0.05) is 0 Å². The number of hydrogen-bond donors (Lipinski definition) is 0. The highest BCUT2D eigenvalue weighted by Gasteiger charge is 2.34. The lowest BCUT2D eigenvalue weighted by Crippen LogP contribution is -2.06. The van der Waals surface area contributed by atoms with E-state index in [4.69, 9.17) is 0 Å². The highest BCUT2D eigenvalue weighted by Crippen LogP contribution is 2.29. The first-order valence-corrected chi connectivity index (χ1v) is 5.28. The van der Waals surface area contributed by atoms with Gasteiger partial charge in [0.1, 0.15) is 4.66 Å². The standard InChI is InChI=1S/C4H7BrO2S/c5-3-8(6,7)4-1-2-4/h4H,1-3H2. The van der Waals surface area contributed by atoms with Crippen LogP contribution in [0.2, 0.25) is 0 Å². The molecule has 0 heterocycles. The van der Waals surface area contributed by atoms with Crippen molar-refractivity contribution in [2.24, 2.45) is 0 Å². The van der Waals surface area contributed by atoms with Gasteiger partial charge in [-0.1, -0.05) is 15.9 Å². The molecule has 1 rings (SSSR count). The molecule has 1 aliphatic carbocycles. The van der Waals surface area contributed by atoms with E-state index in [1.165, 1.54) is 0 Å². The lowest BCUT2D eigenvalue weighted by Gasteiger charge is -1.90. The Hall–Kier alpha value is 0.430. The van der Waals surface area contributed by atoms with E-state index >= 15 is 0 Å². The zero-order chi connectivity index (χ0) is 6.20. The molecule has 0 radical (unpaired) electrons. The Bertz CT molecular complexity index is 168. The SMILES string of the molecule is O=S(=O)(CBr)C1CC1. The summed E-state index contributed by atoms with van der Waals surface area (Å²) in [6.07, 6.45) is 1.74. The molecule has 2 nitrogen and oxygen atoms in total. The van der Waals surface area contributed by atoms with E-state index in [0.29, 0.717) is 0 Å². The Morgan fingerprint density at radius 3 is 2.12 bits per heavy atom. The van der Waals surface area contributed by atoms with E-state index in [9.17, 15) is 8.42 Å². The van der Waals surface area contributed by atoms with Crippen LogP contribution >= 0.6 is 15.9 Å². The molecule has 1 fully saturated rings. The normalized spacial score (nSPS) is 21.1. The highest BCUT2D eigenvalue weighted by molar-refractivity contribution is 9.10. The van der Waals surface area contributed by atoms with Crippen LogP contribution in [-0.4, -0.2) is 18.3 Å². The number of alkyl halides is 1. The van der Waals surface area contributed by atoms with Crippen molar-refractivity contribution >= 4 is 25.8 Å². The summed E-state index contributed by atoms with van der Waals surface area (Å²) in [5.74, 6) is 0. The van der Waals surface area contributed by atoms with Gasteiger partial charge in [-0.15, -0.1) is 0 Å². The topological polar surface area (TPSA) is 34.1 Å². The van der Waals surface area contributed by atoms with E-state index < -0.39 is 9.84 Å². The summed E-state index contributed by atoms with van der Waals surface area (Å²) in [7, 11) is -2.71. The van der Waals surface area contributed by atoms with Crippen LogP contribution in [0.25, 0.3) is 0 Å². The quantitative estimate of drug-likeness (QED) is 0.619. The molecule has 0 saturated heterocycles. The summed E-state index contributed by atoms with van der Waals surface area (Å²) < 4.78 is 21.6. The van der Waals surface area contributed by atoms with Crippen molar-refractivity contribution in [3.05, 3.63) is 0 Å². The molecule has 0 unspecified atom stereocenters. The monoisotopic (exact) mass is 198 g/mol. The van der Waals surface area contributed by atoms with Gasteiger partial charge in [-0.2, -0.15) is 0 Å². The Balaban J connectivity index is 2.65. The Labute approximate surface area is 57.3 Å². The first-order chi connectivity index (χ1) is 3.67. The smallest absolute Gasteiger partial charge is 0.163 e. The molecule has 1 saturated carbocycles. The van der Waals surface area contributed by atoms with Crippen LogP contribution in [-0.2, 0) is 9.84 Å². The van der Waals surface area contributed by atoms with Crippen molar-refractivity contribution in [1.29, 1.82) is 0 Å². The molecule has 0 aromatic carbocycles. The Morgan fingerprint density at radius 2 is 2.00 bits per heavy atom. The van der Waals surface area contributed by atoms with E-state index in [1.807, 2.05) is 0 Å². The van der Waals surface area contributed by atoms with Gasteiger partial charge in [0.25, 0.3) is 0 Å². The predicted octanol–water partition coefficient (Wildman–Crippen LogP) is 0.916. The molecule has 0 atom stereocenters. The highest BCUT2D eigenvalue weighted by atomic mass is 79.9. The summed E-state index contributed by atoms with van der Waals surface area (Å²) in [6, 6.07) is 0. The van der Waals surface area contributed by atoms with Gasteiger partial charge in [-0.05, 0) is 12.8 Å². The minimum Gasteiger partial charge on any atom is -0.228 e. The molecular formula is C4H7BrO2S. The van der Waals surface area contributed by atoms with E-state index in [0.717, 1.165) is 12.8 Å². The fraction of sp³-hybridized carbons (Fsp3) is 1.00. The largest absolute Gasteiger partial charge is 0.228 e. The van der Waals surface area contributed by atoms with Gasteiger partial charge < -0.3 is 0 Å². The van der Waals surface area contributed by atoms with Crippen molar-refractivity contribution in [3.63, 3.8) is 0 Å².